The van der Waals surface area contributed by atoms with Crippen LogP contribution in [-0.2, 0) is 24.2 Å². The molecule has 2 fully saturated rings. The van der Waals surface area contributed by atoms with Gasteiger partial charge in [-0.1, -0.05) is 31.0 Å². The summed E-state index contributed by atoms with van der Waals surface area (Å²) in [5.74, 6) is 0.610. The molecule has 0 bridgehead atoms. The van der Waals surface area contributed by atoms with Gasteiger partial charge in [-0.25, -0.2) is 4.79 Å². The number of rotatable bonds is 5. The van der Waals surface area contributed by atoms with Crippen LogP contribution in [0.1, 0.15) is 55.2 Å². The van der Waals surface area contributed by atoms with Crippen LogP contribution in [0.3, 0.4) is 0 Å². The first-order valence-corrected chi connectivity index (χ1v) is 11.2. The van der Waals surface area contributed by atoms with Crippen molar-refractivity contribution in [3.05, 3.63) is 47.2 Å². The summed E-state index contributed by atoms with van der Waals surface area (Å²) < 4.78 is 0. The maximum Gasteiger partial charge on any atom is 0.318 e. The molecule has 0 radical (unpaired) electrons. The smallest absolute Gasteiger partial charge is 0.318 e. The number of carbonyl (C=O) groups excluding carboxylic acids is 2. The third kappa shape index (κ3) is 3.68. The minimum Gasteiger partial charge on any atom is -0.326 e. The van der Waals surface area contributed by atoms with Gasteiger partial charge in [0, 0.05) is 25.2 Å². The number of fused-ring (bicyclic) bond motifs is 1. The van der Waals surface area contributed by atoms with Gasteiger partial charge in [-0.3, -0.25) is 14.8 Å². The second kappa shape index (κ2) is 8.13. The van der Waals surface area contributed by atoms with Crippen LogP contribution in [0.2, 0.25) is 0 Å². The molecule has 0 spiro atoms. The Labute approximate surface area is 176 Å². The van der Waals surface area contributed by atoms with Crippen LogP contribution in [0, 0.1) is 0 Å². The van der Waals surface area contributed by atoms with Crippen LogP contribution < -0.4 is 10.2 Å². The van der Waals surface area contributed by atoms with Gasteiger partial charge < -0.3 is 10.2 Å². The van der Waals surface area contributed by atoms with E-state index < -0.39 is 6.04 Å². The van der Waals surface area contributed by atoms with E-state index in [1.54, 1.807) is 17.2 Å². The van der Waals surface area contributed by atoms with Crippen molar-refractivity contribution in [1.82, 2.24) is 20.4 Å². The van der Waals surface area contributed by atoms with Gasteiger partial charge in [0.05, 0.1) is 6.20 Å². The monoisotopic (exact) mass is 407 g/mol. The molecule has 1 saturated heterocycles. The maximum absolute atomic E-state index is 13.3. The number of amides is 3. The molecule has 2 aromatic rings. The molecular formula is C23H29N5O2. The van der Waals surface area contributed by atoms with Crippen LogP contribution in [0.15, 0.2) is 30.5 Å². The molecule has 1 saturated carbocycles. The molecule has 1 aromatic carbocycles. The average molecular weight is 408 g/mol. The minimum atomic E-state index is -0.482. The fourth-order valence-corrected chi connectivity index (χ4v) is 5.19. The highest BCUT2D eigenvalue weighted by atomic mass is 16.2. The molecule has 1 aromatic heterocycles. The Morgan fingerprint density at radius 1 is 1.13 bits per heavy atom. The zero-order valence-electron chi connectivity index (χ0n) is 17.3. The van der Waals surface area contributed by atoms with E-state index in [2.05, 4.69) is 33.7 Å². The van der Waals surface area contributed by atoms with Gasteiger partial charge >= 0.3 is 6.03 Å². The van der Waals surface area contributed by atoms with Gasteiger partial charge in [0.1, 0.15) is 11.9 Å². The zero-order valence-corrected chi connectivity index (χ0v) is 17.3. The second-order valence-corrected chi connectivity index (χ2v) is 8.75. The lowest BCUT2D eigenvalue weighted by Gasteiger charge is -2.30. The zero-order chi connectivity index (χ0) is 20.5. The Balaban J connectivity index is 1.29. The molecule has 1 atom stereocenters. The van der Waals surface area contributed by atoms with Gasteiger partial charge in [-0.15, -0.1) is 0 Å². The molecule has 7 nitrogen and oxygen atoms in total. The van der Waals surface area contributed by atoms with Crippen LogP contribution in [0.25, 0.3) is 0 Å². The van der Waals surface area contributed by atoms with Crippen molar-refractivity contribution in [3.8, 4) is 0 Å². The number of nitrogens with one attached hydrogen (secondary N) is 2. The van der Waals surface area contributed by atoms with Crippen molar-refractivity contribution in [3.63, 3.8) is 0 Å². The summed E-state index contributed by atoms with van der Waals surface area (Å²) in [6.07, 6.45) is 10.2. The Morgan fingerprint density at radius 2 is 1.97 bits per heavy atom. The number of aromatic nitrogens is 2. The molecule has 3 aliphatic rings. The number of aryl methyl sites for hydroxylation is 2. The summed E-state index contributed by atoms with van der Waals surface area (Å²) in [7, 11) is 0. The van der Waals surface area contributed by atoms with Crippen molar-refractivity contribution >= 4 is 17.8 Å². The SMILES string of the molecule is O=C1C(NC(=O)N(Cc2ccc3c(c2)CCC3)C2CCCC2)CCN1c1ccn[nH]1. The van der Waals surface area contributed by atoms with Crippen molar-refractivity contribution in [2.75, 3.05) is 11.4 Å². The normalized spacial score (nSPS) is 21.3. The van der Waals surface area contributed by atoms with Crippen LogP contribution in [-0.4, -0.2) is 45.7 Å². The third-order valence-corrected chi connectivity index (χ3v) is 6.82. The van der Waals surface area contributed by atoms with Crippen molar-refractivity contribution in [2.24, 2.45) is 0 Å². The van der Waals surface area contributed by atoms with Gasteiger partial charge in [0.15, 0.2) is 0 Å². The van der Waals surface area contributed by atoms with Crippen molar-refractivity contribution in [2.45, 2.75) is 70.0 Å². The number of urea groups is 1. The summed E-state index contributed by atoms with van der Waals surface area (Å²) in [5, 5.41) is 9.79. The Kier molecular flexibility index (Phi) is 5.19. The summed E-state index contributed by atoms with van der Waals surface area (Å²) in [6, 6.07) is 8.10. The summed E-state index contributed by atoms with van der Waals surface area (Å²) >= 11 is 0. The molecule has 158 valence electrons. The standard InChI is InChI=1S/C23H29N5O2/c29-22-20(11-13-27(22)21-10-12-24-26-21)25-23(30)28(19-6-1-2-7-19)15-16-8-9-17-4-3-5-18(17)14-16/h8-10,12,14,19-20H,1-7,11,13,15H2,(H,24,26)(H,25,30). The first-order valence-electron chi connectivity index (χ1n) is 11.2. The van der Waals surface area contributed by atoms with Crippen LogP contribution in [0.4, 0.5) is 10.6 Å². The Hall–Kier alpha value is -2.83. The first-order chi connectivity index (χ1) is 14.7. The highest BCUT2D eigenvalue weighted by Gasteiger charge is 2.36. The first kappa shape index (κ1) is 19.2. The Bertz CT molecular complexity index is 920. The van der Waals surface area contributed by atoms with Crippen LogP contribution >= 0.6 is 0 Å². The number of anilines is 1. The highest BCUT2D eigenvalue weighted by Crippen LogP contribution is 2.28. The summed E-state index contributed by atoms with van der Waals surface area (Å²) in [4.78, 5) is 29.7. The molecule has 2 heterocycles. The van der Waals surface area contributed by atoms with Crippen LogP contribution in [0.5, 0.6) is 0 Å². The van der Waals surface area contributed by atoms with E-state index in [1.807, 2.05) is 4.90 Å². The molecule has 3 amide bonds. The van der Waals surface area contributed by atoms with Crippen molar-refractivity contribution < 1.29 is 9.59 Å². The lowest BCUT2D eigenvalue weighted by Crippen LogP contribution is -2.50. The average Bonchev–Trinajstić information content (AvgIpc) is 3.54. The topological polar surface area (TPSA) is 81.3 Å². The third-order valence-electron chi connectivity index (χ3n) is 6.82. The van der Waals surface area contributed by atoms with E-state index in [0.29, 0.717) is 25.3 Å². The predicted octanol–water partition coefficient (Wildman–Crippen LogP) is 3.16. The number of nitrogens with zero attached hydrogens (tertiary/aromatic N) is 3. The van der Waals surface area contributed by atoms with E-state index in [0.717, 1.165) is 32.1 Å². The molecule has 2 aliphatic carbocycles. The number of hydrogen-bond donors (Lipinski definition) is 2. The lowest BCUT2D eigenvalue weighted by molar-refractivity contribution is -0.118. The fraction of sp³-hybridized carbons (Fsp3) is 0.522. The quantitative estimate of drug-likeness (QED) is 0.799. The number of carbonyl (C=O) groups is 2. The highest BCUT2D eigenvalue weighted by molar-refractivity contribution is 6.00. The van der Waals surface area contributed by atoms with Gasteiger partial charge in [-0.2, -0.15) is 5.10 Å². The summed E-state index contributed by atoms with van der Waals surface area (Å²) in [6.45, 7) is 1.19. The summed E-state index contributed by atoms with van der Waals surface area (Å²) in [5.41, 5.74) is 4.07. The fourth-order valence-electron chi connectivity index (χ4n) is 5.19. The largest absolute Gasteiger partial charge is 0.326 e. The van der Waals surface area contributed by atoms with E-state index >= 15 is 0 Å². The number of H-pyrrole nitrogens is 1. The van der Waals surface area contributed by atoms with E-state index in [-0.39, 0.29) is 18.0 Å². The second-order valence-electron chi connectivity index (χ2n) is 8.75. The molecule has 5 rings (SSSR count). The number of aromatic amines is 1. The molecule has 2 N–H and O–H groups in total. The molecule has 30 heavy (non-hydrogen) atoms. The molecule has 7 heteroatoms. The molecule has 1 aliphatic heterocycles. The number of hydrogen-bond acceptors (Lipinski definition) is 3. The predicted molar refractivity (Wildman–Crippen MR) is 114 cm³/mol. The molecule has 1 unspecified atom stereocenters. The van der Waals surface area contributed by atoms with Gasteiger partial charge in [0.2, 0.25) is 0 Å². The van der Waals surface area contributed by atoms with E-state index in [1.165, 1.54) is 29.5 Å². The maximum atomic E-state index is 13.3. The van der Waals surface area contributed by atoms with Crippen molar-refractivity contribution in [1.29, 1.82) is 0 Å². The van der Waals surface area contributed by atoms with Gasteiger partial charge in [0.25, 0.3) is 5.91 Å². The molecular weight excluding hydrogens is 378 g/mol. The van der Waals surface area contributed by atoms with E-state index in [4.69, 9.17) is 0 Å². The number of benzene rings is 1. The van der Waals surface area contributed by atoms with E-state index in [9.17, 15) is 9.59 Å². The Morgan fingerprint density at radius 3 is 2.77 bits per heavy atom. The van der Waals surface area contributed by atoms with Gasteiger partial charge in [-0.05, 0) is 55.2 Å². The lowest BCUT2D eigenvalue weighted by atomic mass is 10.1. The minimum absolute atomic E-state index is 0.0727.